The Balaban J connectivity index is 1.75. The number of hydrogen-bond acceptors (Lipinski definition) is 2. The molecular formula is C14H23N3S. The second kappa shape index (κ2) is 6.23. The molecular weight excluding hydrogens is 242 g/mol. The lowest BCUT2D eigenvalue weighted by atomic mass is 9.89. The first-order valence-electron chi connectivity index (χ1n) is 6.67. The molecule has 1 aromatic rings. The number of aliphatic imine (C=N–C) groups is 1. The van der Waals surface area contributed by atoms with Crippen LogP contribution in [-0.2, 0) is 6.54 Å². The first-order chi connectivity index (χ1) is 8.72. The Morgan fingerprint density at radius 1 is 1.39 bits per heavy atom. The normalized spacial score (nSPS) is 18.9. The maximum absolute atomic E-state index is 4.28. The van der Waals surface area contributed by atoms with Gasteiger partial charge in [0.2, 0.25) is 0 Å². The van der Waals surface area contributed by atoms with Crippen molar-refractivity contribution in [1.29, 1.82) is 0 Å². The van der Waals surface area contributed by atoms with Gasteiger partial charge in [-0.3, -0.25) is 4.99 Å². The molecule has 0 radical (unpaired) electrons. The summed E-state index contributed by atoms with van der Waals surface area (Å²) in [5.74, 6) is 0.911. The van der Waals surface area contributed by atoms with E-state index >= 15 is 0 Å². The number of rotatable bonds is 4. The average Bonchev–Trinajstić information content (AvgIpc) is 3.01. The molecule has 2 N–H and O–H groups in total. The van der Waals surface area contributed by atoms with Crippen LogP contribution in [0.25, 0.3) is 0 Å². The lowest BCUT2D eigenvalue weighted by molar-refractivity contribution is 0.334. The summed E-state index contributed by atoms with van der Waals surface area (Å²) >= 11 is 1.73. The summed E-state index contributed by atoms with van der Waals surface area (Å²) in [7, 11) is 1.83. The molecule has 0 spiro atoms. The minimum absolute atomic E-state index is 0.458. The van der Waals surface area contributed by atoms with Crippen LogP contribution in [0.15, 0.2) is 21.8 Å². The number of nitrogens with zero attached hydrogens (tertiary/aromatic N) is 1. The van der Waals surface area contributed by atoms with E-state index in [4.69, 9.17) is 0 Å². The Labute approximate surface area is 114 Å². The lowest BCUT2D eigenvalue weighted by Gasteiger charge is -2.25. The Kier molecular flexibility index (Phi) is 4.64. The van der Waals surface area contributed by atoms with E-state index in [1.807, 2.05) is 7.05 Å². The van der Waals surface area contributed by atoms with Gasteiger partial charge in [0.1, 0.15) is 0 Å². The summed E-state index contributed by atoms with van der Waals surface area (Å²) in [5, 5.41) is 11.1. The van der Waals surface area contributed by atoms with E-state index < -0.39 is 0 Å². The van der Waals surface area contributed by atoms with Crippen molar-refractivity contribution in [2.24, 2.45) is 10.4 Å². The zero-order chi connectivity index (χ0) is 12.8. The summed E-state index contributed by atoms with van der Waals surface area (Å²) < 4.78 is 0. The summed E-state index contributed by atoms with van der Waals surface area (Å²) in [5.41, 5.74) is 1.77. The van der Waals surface area contributed by atoms with Crippen LogP contribution in [0, 0.1) is 5.41 Å². The van der Waals surface area contributed by atoms with Crippen molar-refractivity contribution < 1.29 is 0 Å². The molecule has 0 unspecified atom stereocenters. The second-order valence-electron chi connectivity index (χ2n) is 5.43. The topological polar surface area (TPSA) is 36.4 Å². The molecule has 3 nitrogen and oxygen atoms in total. The molecule has 100 valence electrons. The van der Waals surface area contributed by atoms with Crippen LogP contribution in [-0.4, -0.2) is 19.6 Å². The number of thiophene rings is 1. The van der Waals surface area contributed by atoms with Crippen LogP contribution >= 0.6 is 11.3 Å². The van der Waals surface area contributed by atoms with Crippen molar-refractivity contribution in [3.05, 3.63) is 22.4 Å². The highest BCUT2D eigenvalue weighted by Crippen LogP contribution is 2.36. The fraction of sp³-hybridized carbons (Fsp3) is 0.643. The van der Waals surface area contributed by atoms with Gasteiger partial charge in [-0.05, 0) is 40.6 Å². The van der Waals surface area contributed by atoms with Gasteiger partial charge in [0, 0.05) is 20.1 Å². The molecule has 1 fully saturated rings. The van der Waals surface area contributed by atoms with Gasteiger partial charge in [-0.2, -0.15) is 11.3 Å². The molecule has 0 saturated heterocycles. The predicted octanol–water partition coefficient (Wildman–Crippen LogP) is 2.99. The number of nitrogens with one attached hydrogen (secondary N) is 2. The third-order valence-corrected chi connectivity index (χ3v) is 4.49. The van der Waals surface area contributed by atoms with Gasteiger partial charge in [0.15, 0.2) is 5.96 Å². The largest absolute Gasteiger partial charge is 0.356 e. The zero-order valence-electron chi connectivity index (χ0n) is 11.3. The standard InChI is InChI=1S/C14H23N3S/c1-14(6-3-4-7-14)11-17-13(15-2)16-9-12-5-8-18-10-12/h5,8,10H,3-4,6-7,9,11H2,1-2H3,(H2,15,16,17). The number of hydrogen-bond donors (Lipinski definition) is 2. The second-order valence-corrected chi connectivity index (χ2v) is 6.21. The molecule has 4 heteroatoms. The first-order valence-corrected chi connectivity index (χ1v) is 7.62. The lowest BCUT2D eigenvalue weighted by Crippen LogP contribution is -2.41. The smallest absolute Gasteiger partial charge is 0.191 e. The van der Waals surface area contributed by atoms with Gasteiger partial charge < -0.3 is 10.6 Å². The van der Waals surface area contributed by atoms with E-state index in [2.05, 4.69) is 39.4 Å². The van der Waals surface area contributed by atoms with Gasteiger partial charge in [0.05, 0.1) is 0 Å². The molecule has 1 heterocycles. The van der Waals surface area contributed by atoms with E-state index in [-0.39, 0.29) is 0 Å². The van der Waals surface area contributed by atoms with E-state index in [1.54, 1.807) is 11.3 Å². The fourth-order valence-corrected chi connectivity index (χ4v) is 3.17. The molecule has 2 rings (SSSR count). The SMILES string of the molecule is CN=C(NCc1ccsc1)NCC1(C)CCCC1. The van der Waals surface area contributed by atoms with Gasteiger partial charge in [-0.25, -0.2) is 0 Å². The van der Waals surface area contributed by atoms with E-state index in [1.165, 1.54) is 31.2 Å². The summed E-state index contributed by atoms with van der Waals surface area (Å²) in [4.78, 5) is 4.28. The maximum atomic E-state index is 4.28. The van der Waals surface area contributed by atoms with E-state index in [9.17, 15) is 0 Å². The molecule has 18 heavy (non-hydrogen) atoms. The van der Waals surface area contributed by atoms with Gasteiger partial charge in [0.25, 0.3) is 0 Å². The summed E-state index contributed by atoms with van der Waals surface area (Å²) in [6.07, 6.45) is 5.42. The van der Waals surface area contributed by atoms with Crippen molar-refractivity contribution >= 4 is 17.3 Å². The van der Waals surface area contributed by atoms with Crippen LogP contribution in [0.5, 0.6) is 0 Å². The quantitative estimate of drug-likeness (QED) is 0.648. The Morgan fingerprint density at radius 3 is 2.78 bits per heavy atom. The van der Waals surface area contributed by atoms with Crippen LogP contribution in [0.2, 0.25) is 0 Å². The summed E-state index contributed by atoms with van der Waals surface area (Å²) in [6.45, 7) is 4.25. The highest BCUT2D eigenvalue weighted by molar-refractivity contribution is 7.07. The molecule has 1 aromatic heterocycles. The third-order valence-electron chi connectivity index (χ3n) is 3.76. The van der Waals surface area contributed by atoms with Crippen molar-refractivity contribution in [3.63, 3.8) is 0 Å². The monoisotopic (exact) mass is 265 g/mol. The Morgan fingerprint density at radius 2 is 2.17 bits per heavy atom. The fourth-order valence-electron chi connectivity index (χ4n) is 2.50. The maximum Gasteiger partial charge on any atom is 0.191 e. The minimum Gasteiger partial charge on any atom is -0.356 e. The zero-order valence-corrected chi connectivity index (χ0v) is 12.1. The third kappa shape index (κ3) is 3.73. The average molecular weight is 265 g/mol. The van der Waals surface area contributed by atoms with Gasteiger partial charge >= 0.3 is 0 Å². The van der Waals surface area contributed by atoms with Gasteiger partial charge in [-0.15, -0.1) is 0 Å². The predicted molar refractivity (Wildman–Crippen MR) is 79.1 cm³/mol. The number of guanidine groups is 1. The van der Waals surface area contributed by atoms with Crippen LogP contribution in [0.4, 0.5) is 0 Å². The van der Waals surface area contributed by atoms with Crippen LogP contribution in [0.1, 0.15) is 38.2 Å². The summed E-state index contributed by atoms with van der Waals surface area (Å²) in [6, 6.07) is 2.14. The van der Waals surface area contributed by atoms with Crippen molar-refractivity contribution in [1.82, 2.24) is 10.6 Å². The van der Waals surface area contributed by atoms with Crippen molar-refractivity contribution in [2.75, 3.05) is 13.6 Å². The Hall–Kier alpha value is -1.03. The van der Waals surface area contributed by atoms with Crippen LogP contribution < -0.4 is 10.6 Å². The molecule has 0 bridgehead atoms. The molecule has 1 saturated carbocycles. The van der Waals surface area contributed by atoms with Crippen molar-refractivity contribution in [2.45, 2.75) is 39.2 Å². The van der Waals surface area contributed by atoms with Crippen LogP contribution in [0.3, 0.4) is 0 Å². The molecule has 1 aliphatic carbocycles. The van der Waals surface area contributed by atoms with Crippen molar-refractivity contribution in [3.8, 4) is 0 Å². The Bertz CT molecular complexity index is 378. The molecule has 0 aromatic carbocycles. The molecule has 0 atom stereocenters. The highest BCUT2D eigenvalue weighted by Gasteiger charge is 2.28. The minimum atomic E-state index is 0.458. The first kappa shape index (κ1) is 13.4. The highest BCUT2D eigenvalue weighted by atomic mass is 32.1. The van der Waals surface area contributed by atoms with Gasteiger partial charge in [-0.1, -0.05) is 19.8 Å². The molecule has 0 amide bonds. The molecule has 0 aliphatic heterocycles. The van der Waals surface area contributed by atoms with E-state index in [0.717, 1.165) is 19.0 Å². The van der Waals surface area contributed by atoms with E-state index in [0.29, 0.717) is 5.41 Å². The molecule has 1 aliphatic rings.